The molecular formula is C29H36N8O3. The Hall–Kier alpha value is -4.38. The molecule has 5 heterocycles. The average Bonchev–Trinajstić information content (AvgIpc) is 3.56. The molecule has 1 aliphatic rings. The second-order valence-corrected chi connectivity index (χ2v) is 10.1. The topological polar surface area (TPSA) is 113 Å². The van der Waals surface area contributed by atoms with E-state index in [2.05, 4.69) is 48.1 Å². The third-order valence-corrected chi connectivity index (χ3v) is 7.75. The zero-order chi connectivity index (χ0) is 28.6. The summed E-state index contributed by atoms with van der Waals surface area (Å²) in [6.07, 6.45) is 3.51. The molecule has 0 unspecified atom stereocenters. The van der Waals surface area contributed by atoms with Crippen molar-refractivity contribution in [2.45, 2.75) is 27.3 Å². The number of aryl methyl sites for hydroxylation is 2. The van der Waals surface area contributed by atoms with Gasteiger partial charge in [0.25, 0.3) is 11.5 Å². The molecule has 4 aromatic rings. The van der Waals surface area contributed by atoms with Crippen LogP contribution in [0.25, 0.3) is 22.6 Å². The number of hydrogen-bond acceptors (Lipinski definition) is 7. The molecule has 40 heavy (non-hydrogen) atoms. The maximum absolute atomic E-state index is 13.7. The third-order valence-electron chi connectivity index (χ3n) is 7.75. The van der Waals surface area contributed by atoms with Crippen molar-refractivity contribution < 1.29 is 9.53 Å². The summed E-state index contributed by atoms with van der Waals surface area (Å²) >= 11 is 0. The van der Waals surface area contributed by atoms with Crippen LogP contribution in [0.15, 0.2) is 42.1 Å². The molecule has 1 amide bonds. The predicted molar refractivity (Wildman–Crippen MR) is 154 cm³/mol. The lowest BCUT2D eigenvalue weighted by Gasteiger charge is -2.37. The Morgan fingerprint density at radius 2 is 1.95 bits per heavy atom. The van der Waals surface area contributed by atoms with Crippen LogP contribution in [0.4, 0.5) is 0 Å². The van der Waals surface area contributed by atoms with Crippen molar-refractivity contribution in [1.82, 2.24) is 39.3 Å². The smallest absolute Gasteiger partial charge is 0.256 e. The SMILES string of the molecule is C=C(c1c(C)c(C(=O)NCc2c(OC)cc(C)[nH]c2=O)cc2c(-c3ncnn3C)ccn12)N1CCN(CC)CC1. The fraction of sp³-hybridized carbons (Fsp3) is 0.379. The van der Waals surface area contributed by atoms with Crippen molar-refractivity contribution in [2.75, 3.05) is 39.8 Å². The maximum atomic E-state index is 13.7. The van der Waals surface area contributed by atoms with Gasteiger partial charge in [-0.25, -0.2) is 9.67 Å². The molecule has 0 saturated carbocycles. The number of carbonyl (C=O) groups is 1. The first-order valence-electron chi connectivity index (χ1n) is 13.4. The number of methoxy groups -OCH3 is 1. The van der Waals surface area contributed by atoms with Gasteiger partial charge in [-0.05, 0) is 44.2 Å². The monoisotopic (exact) mass is 544 g/mol. The lowest BCUT2D eigenvalue weighted by molar-refractivity contribution is 0.0950. The van der Waals surface area contributed by atoms with Crippen LogP contribution in [-0.2, 0) is 13.6 Å². The number of aromatic nitrogens is 5. The Labute approximate surface area is 233 Å². The number of fused-ring (bicyclic) bond motifs is 1. The first kappa shape index (κ1) is 27.2. The van der Waals surface area contributed by atoms with E-state index in [1.54, 1.807) is 17.7 Å². The molecule has 210 valence electrons. The van der Waals surface area contributed by atoms with Gasteiger partial charge in [0.15, 0.2) is 5.82 Å². The molecular weight excluding hydrogens is 508 g/mol. The average molecular weight is 545 g/mol. The van der Waals surface area contributed by atoms with Crippen LogP contribution in [0, 0.1) is 13.8 Å². The number of H-pyrrole nitrogens is 1. The zero-order valence-electron chi connectivity index (χ0n) is 23.7. The molecule has 0 aliphatic carbocycles. The lowest BCUT2D eigenvalue weighted by atomic mass is 10.0. The summed E-state index contributed by atoms with van der Waals surface area (Å²) in [5, 5.41) is 7.18. The normalized spacial score (nSPS) is 14.1. The van der Waals surface area contributed by atoms with Crippen LogP contribution >= 0.6 is 0 Å². The Bertz CT molecular complexity index is 1640. The highest BCUT2D eigenvalue weighted by Crippen LogP contribution is 2.32. The van der Waals surface area contributed by atoms with Crippen LogP contribution in [0.1, 0.15) is 39.8 Å². The van der Waals surface area contributed by atoms with Crippen LogP contribution < -0.4 is 15.6 Å². The van der Waals surface area contributed by atoms with Gasteiger partial charge < -0.3 is 29.2 Å². The van der Waals surface area contributed by atoms with Crippen molar-refractivity contribution in [3.05, 3.63) is 75.7 Å². The molecule has 11 nitrogen and oxygen atoms in total. The number of aromatic amines is 1. The van der Waals surface area contributed by atoms with E-state index in [0.717, 1.165) is 60.8 Å². The number of pyridine rings is 2. The van der Waals surface area contributed by atoms with E-state index in [-0.39, 0.29) is 18.0 Å². The molecule has 1 aliphatic heterocycles. The van der Waals surface area contributed by atoms with Crippen molar-refractivity contribution in [3.63, 3.8) is 0 Å². The van der Waals surface area contributed by atoms with Crippen LogP contribution in [0.2, 0.25) is 0 Å². The Morgan fingerprint density at radius 1 is 1.20 bits per heavy atom. The molecule has 1 saturated heterocycles. The molecule has 0 bridgehead atoms. The van der Waals surface area contributed by atoms with Gasteiger partial charge in [-0.2, -0.15) is 5.10 Å². The van der Waals surface area contributed by atoms with E-state index in [4.69, 9.17) is 4.74 Å². The highest BCUT2D eigenvalue weighted by molar-refractivity contribution is 5.99. The van der Waals surface area contributed by atoms with Crippen molar-refractivity contribution in [2.24, 2.45) is 7.05 Å². The largest absolute Gasteiger partial charge is 0.496 e. The highest BCUT2D eigenvalue weighted by Gasteiger charge is 2.25. The summed E-state index contributed by atoms with van der Waals surface area (Å²) in [5.41, 5.74) is 5.47. The van der Waals surface area contributed by atoms with Gasteiger partial charge in [0, 0.05) is 56.2 Å². The number of carbonyl (C=O) groups excluding carboxylic acids is 1. The first-order valence-corrected chi connectivity index (χ1v) is 13.4. The van der Waals surface area contributed by atoms with E-state index < -0.39 is 0 Å². The van der Waals surface area contributed by atoms with Gasteiger partial charge >= 0.3 is 0 Å². The third kappa shape index (κ3) is 4.88. The van der Waals surface area contributed by atoms with E-state index >= 15 is 0 Å². The predicted octanol–water partition coefficient (Wildman–Crippen LogP) is 2.59. The second-order valence-electron chi connectivity index (χ2n) is 10.1. The van der Waals surface area contributed by atoms with E-state index in [1.807, 2.05) is 32.3 Å². The number of nitrogens with one attached hydrogen (secondary N) is 2. The van der Waals surface area contributed by atoms with Gasteiger partial charge in [0.1, 0.15) is 12.1 Å². The van der Waals surface area contributed by atoms with Crippen molar-refractivity contribution in [1.29, 1.82) is 0 Å². The Kier molecular flexibility index (Phi) is 7.49. The zero-order valence-corrected chi connectivity index (χ0v) is 23.7. The molecule has 5 rings (SSSR count). The van der Waals surface area contributed by atoms with Crippen LogP contribution in [-0.4, -0.2) is 79.7 Å². The number of hydrogen-bond donors (Lipinski definition) is 2. The number of amides is 1. The summed E-state index contributed by atoms with van der Waals surface area (Å²) in [5.74, 6) is 0.837. The summed E-state index contributed by atoms with van der Waals surface area (Å²) in [7, 11) is 3.35. The second kappa shape index (κ2) is 11.0. The summed E-state index contributed by atoms with van der Waals surface area (Å²) in [6, 6.07) is 5.61. The maximum Gasteiger partial charge on any atom is 0.256 e. The standard InChI is InChI=1S/C29H36N8O3/c1-7-35-10-12-36(13-11-35)20(4)26-19(3)22(15-24-21(8-9-37(24)26)27-31-17-32-34(27)5)28(38)30-16-23-25(40-6)14-18(2)33-29(23)39/h8-9,14-15,17H,4,7,10-13,16H2,1-3,5-6H3,(H,30,38)(H,33,39). The molecule has 0 aromatic carbocycles. The molecule has 0 atom stereocenters. The molecule has 2 N–H and O–H groups in total. The van der Waals surface area contributed by atoms with Gasteiger partial charge in [-0.3, -0.25) is 9.59 Å². The van der Waals surface area contributed by atoms with Crippen LogP contribution in [0.3, 0.4) is 0 Å². The fourth-order valence-corrected chi connectivity index (χ4v) is 5.44. The summed E-state index contributed by atoms with van der Waals surface area (Å²) < 4.78 is 9.20. The van der Waals surface area contributed by atoms with Gasteiger partial charge in [-0.1, -0.05) is 13.5 Å². The van der Waals surface area contributed by atoms with E-state index in [1.165, 1.54) is 13.4 Å². The molecule has 11 heteroatoms. The summed E-state index contributed by atoms with van der Waals surface area (Å²) in [6.45, 7) is 15.1. The quantitative estimate of drug-likeness (QED) is 0.351. The van der Waals surface area contributed by atoms with Gasteiger partial charge in [-0.15, -0.1) is 0 Å². The number of piperazine rings is 1. The molecule has 0 spiro atoms. The molecule has 0 radical (unpaired) electrons. The number of ether oxygens (including phenoxy) is 1. The number of likely N-dealkylation sites (N-methyl/N-ethyl adjacent to an activating group) is 1. The Morgan fingerprint density at radius 3 is 2.60 bits per heavy atom. The highest BCUT2D eigenvalue weighted by atomic mass is 16.5. The first-order chi connectivity index (χ1) is 19.2. The Balaban J connectivity index is 1.57. The lowest BCUT2D eigenvalue weighted by Crippen LogP contribution is -2.45. The van der Waals surface area contributed by atoms with Crippen molar-refractivity contribution in [3.8, 4) is 17.1 Å². The van der Waals surface area contributed by atoms with Gasteiger partial charge in [0.2, 0.25) is 0 Å². The van der Waals surface area contributed by atoms with Crippen molar-refractivity contribution >= 4 is 17.1 Å². The summed E-state index contributed by atoms with van der Waals surface area (Å²) in [4.78, 5) is 38.3. The van der Waals surface area contributed by atoms with Gasteiger partial charge in [0.05, 0.1) is 36.1 Å². The van der Waals surface area contributed by atoms with E-state index in [9.17, 15) is 9.59 Å². The minimum atomic E-state index is -0.294. The van der Waals surface area contributed by atoms with Crippen LogP contribution in [0.5, 0.6) is 5.75 Å². The molecule has 4 aromatic heterocycles. The van der Waals surface area contributed by atoms with E-state index in [0.29, 0.717) is 28.4 Å². The minimum Gasteiger partial charge on any atom is -0.496 e. The number of rotatable bonds is 8. The fourth-order valence-electron chi connectivity index (χ4n) is 5.44. The minimum absolute atomic E-state index is 0.0225. The molecule has 1 fully saturated rings. The number of nitrogens with zero attached hydrogens (tertiary/aromatic N) is 6.